The van der Waals surface area contributed by atoms with Crippen molar-refractivity contribution in [1.29, 1.82) is 0 Å². The number of aliphatic hydroxyl groups is 1. The van der Waals surface area contributed by atoms with E-state index in [4.69, 9.17) is 9.72 Å². The van der Waals surface area contributed by atoms with E-state index in [0.717, 1.165) is 35.4 Å². The van der Waals surface area contributed by atoms with E-state index in [-0.39, 0.29) is 6.61 Å². The van der Waals surface area contributed by atoms with Crippen molar-refractivity contribution >= 4 is 11.0 Å². The number of imidazole rings is 1. The average Bonchev–Trinajstić information content (AvgIpc) is 3.44. The number of hydrogen-bond donors (Lipinski definition) is 1. The van der Waals surface area contributed by atoms with E-state index in [2.05, 4.69) is 29.7 Å². The van der Waals surface area contributed by atoms with Crippen LogP contribution >= 0.6 is 0 Å². The second kappa shape index (κ2) is 7.50. The second-order valence-corrected chi connectivity index (χ2v) is 7.20. The molecule has 0 bridgehead atoms. The van der Waals surface area contributed by atoms with Crippen LogP contribution in [0.15, 0.2) is 48.5 Å². The van der Waals surface area contributed by atoms with Gasteiger partial charge < -0.3 is 14.4 Å². The Bertz CT molecular complexity index is 865. The van der Waals surface area contributed by atoms with Crippen molar-refractivity contribution in [3.8, 4) is 5.75 Å². The lowest BCUT2D eigenvalue weighted by molar-refractivity contribution is 0.0927. The number of rotatable bonds is 8. The van der Waals surface area contributed by atoms with Crippen molar-refractivity contribution in [2.75, 3.05) is 6.61 Å². The van der Waals surface area contributed by atoms with Crippen LogP contribution in [0, 0.1) is 0 Å². The number of nitrogens with zero attached hydrogens (tertiary/aromatic N) is 2. The zero-order valence-corrected chi connectivity index (χ0v) is 15.3. The van der Waals surface area contributed by atoms with Crippen molar-refractivity contribution < 1.29 is 9.84 Å². The van der Waals surface area contributed by atoms with Gasteiger partial charge in [0.2, 0.25) is 0 Å². The van der Waals surface area contributed by atoms with Gasteiger partial charge in [0.1, 0.15) is 24.3 Å². The number of aromatic nitrogens is 2. The lowest BCUT2D eigenvalue weighted by atomic mass is 10.1. The summed E-state index contributed by atoms with van der Waals surface area (Å²) in [5.41, 5.74) is 3.42. The summed E-state index contributed by atoms with van der Waals surface area (Å²) in [5.74, 6) is 2.46. The Morgan fingerprint density at radius 1 is 1.15 bits per heavy atom. The van der Waals surface area contributed by atoms with Gasteiger partial charge in [-0.2, -0.15) is 0 Å². The van der Waals surface area contributed by atoms with Gasteiger partial charge in [-0.15, -0.1) is 0 Å². The molecule has 1 saturated carbocycles. The number of ether oxygens (including phenoxy) is 1. The van der Waals surface area contributed by atoms with Gasteiger partial charge in [-0.05, 0) is 49.1 Å². The molecule has 0 spiro atoms. The van der Waals surface area contributed by atoms with E-state index in [0.29, 0.717) is 12.5 Å². The van der Waals surface area contributed by atoms with Gasteiger partial charge in [-0.1, -0.05) is 37.6 Å². The van der Waals surface area contributed by atoms with Crippen molar-refractivity contribution in [1.82, 2.24) is 9.55 Å². The minimum Gasteiger partial charge on any atom is -0.491 e. The molecule has 3 aromatic rings. The lowest BCUT2D eigenvalue weighted by Gasteiger charge is -2.16. The summed E-state index contributed by atoms with van der Waals surface area (Å²) in [6.45, 7) is 2.97. The van der Waals surface area contributed by atoms with Crippen LogP contribution in [0.3, 0.4) is 0 Å². The molecule has 0 saturated heterocycles. The fraction of sp³-hybridized carbons (Fsp3) is 0.409. The quantitative estimate of drug-likeness (QED) is 0.659. The molecule has 1 aliphatic rings. The smallest absolute Gasteiger partial charge is 0.119 e. The summed E-state index contributed by atoms with van der Waals surface area (Å²) in [4.78, 5) is 4.78. The van der Waals surface area contributed by atoms with Crippen molar-refractivity contribution in [2.45, 2.75) is 51.2 Å². The first-order chi connectivity index (χ1) is 12.7. The Balaban J connectivity index is 1.42. The molecular formula is C22H26N2O2. The number of fused-ring (bicyclic) bond motifs is 1. The molecule has 1 fully saturated rings. The van der Waals surface area contributed by atoms with Crippen molar-refractivity contribution in [3.63, 3.8) is 0 Å². The Morgan fingerprint density at radius 3 is 2.65 bits per heavy atom. The Labute approximate surface area is 154 Å². The van der Waals surface area contributed by atoms with Crippen molar-refractivity contribution in [3.05, 3.63) is 59.9 Å². The van der Waals surface area contributed by atoms with E-state index in [1.807, 2.05) is 30.3 Å². The van der Waals surface area contributed by atoms with Crippen LogP contribution in [0.5, 0.6) is 5.75 Å². The number of aliphatic hydroxyl groups excluding tert-OH is 1. The zero-order chi connectivity index (χ0) is 17.9. The number of aryl methyl sites for hydroxylation is 1. The van der Waals surface area contributed by atoms with Crippen LogP contribution in [0.25, 0.3) is 11.0 Å². The molecule has 1 atom stereocenters. The van der Waals surface area contributed by atoms with Gasteiger partial charge in [0.25, 0.3) is 0 Å². The molecular weight excluding hydrogens is 324 g/mol. The highest BCUT2D eigenvalue weighted by atomic mass is 16.5. The zero-order valence-electron chi connectivity index (χ0n) is 15.3. The van der Waals surface area contributed by atoms with E-state index < -0.39 is 6.10 Å². The molecule has 26 heavy (non-hydrogen) atoms. The van der Waals surface area contributed by atoms with Gasteiger partial charge in [0.15, 0.2) is 0 Å². The SMILES string of the molecule is CCCc1ccc(OCC(O)Cn2c(C3CC3)nc3ccccc32)cc1. The number of hydrogen-bond acceptors (Lipinski definition) is 3. The molecule has 1 heterocycles. The molecule has 4 nitrogen and oxygen atoms in total. The minimum absolute atomic E-state index is 0.281. The van der Waals surface area contributed by atoms with Crippen LogP contribution in [0.4, 0.5) is 0 Å². The Kier molecular flexibility index (Phi) is 4.93. The maximum atomic E-state index is 10.5. The normalized spacial score (nSPS) is 15.3. The van der Waals surface area contributed by atoms with E-state index in [1.165, 1.54) is 18.4 Å². The fourth-order valence-corrected chi connectivity index (χ4v) is 3.44. The monoisotopic (exact) mass is 350 g/mol. The van der Waals surface area contributed by atoms with Gasteiger partial charge in [0.05, 0.1) is 17.6 Å². The van der Waals surface area contributed by atoms with Crippen LogP contribution in [0.2, 0.25) is 0 Å². The molecule has 4 rings (SSSR count). The van der Waals surface area contributed by atoms with Crippen LogP contribution in [-0.2, 0) is 13.0 Å². The molecule has 1 N–H and O–H groups in total. The number of benzene rings is 2. The molecule has 0 amide bonds. The van der Waals surface area contributed by atoms with Gasteiger partial charge in [-0.25, -0.2) is 4.98 Å². The van der Waals surface area contributed by atoms with Crippen molar-refractivity contribution in [2.24, 2.45) is 0 Å². The first-order valence-electron chi connectivity index (χ1n) is 9.59. The van der Waals surface area contributed by atoms with Crippen LogP contribution < -0.4 is 4.74 Å². The predicted molar refractivity (Wildman–Crippen MR) is 104 cm³/mol. The molecule has 1 aromatic heterocycles. The highest BCUT2D eigenvalue weighted by molar-refractivity contribution is 5.76. The molecule has 2 aromatic carbocycles. The Hall–Kier alpha value is -2.33. The predicted octanol–water partition coefficient (Wildman–Crippen LogP) is 4.31. The van der Waals surface area contributed by atoms with Gasteiger partial charge in [0, 0.05) is 5.92 Å². The summed E-state index contributed by atoms with van der Waals surface area (Å²) in [6.07, 6.45) is 4.04. The summed E-state index contributed by atoms with van der Waals surface area (Å²) in [7, 11) is 0. The molecule has 1 unspecified atom stereocenters. The first-order valence-corrected chi connectivity index (χ1v) is 9.59. The van der Waals surface area contributed by atoms with Gasteiger partial charge in [-0.3, -0.25) is 0 Å². The topological polar surface area (TPSA) is 47.3 Å². The van der Waals surface area contributed by atoms with E-state index in [1.54, 1.807) is 0 Å². The summed E-state index contributed by atoms with van der Waals surface area (Å²) in [6, 6.07) is 16.3. The van der Waals surface area contributed by atoms with Crippen LogP contribution in [0.1, 0.15) is 43.5 Å². The minimum atomic E-state index is -0.569. The highest BCUT2D eigenvalue weighted by Gasteiger charge is 2.30. The average molecular weight is 350 g/mol. The largest absolute Gasteiger partial charge is 0.491 e. The second-order valence-electron chi connectivity index (χ2n) is 7.20. The summed E-state index contributed by atoms with van der Waals surface area (Å²) >= 11 is 0. The van der Waals surface area contributed by atoms with Gasteiger partial charge >= 0.3 is 0 Å². The van der Waals surface area contributed by atoms with Crippen LogP contribution in [-0.4, -0.2) is 27.4 Å². The third-order valence-electron chi connectivity index (χ3n) is 4.92. The standard InChI is InChI=1S/C22H26N2O2/c1-2-5-16-8-12-19(13-9-16)26-15-18(25)14-24-21-7-4-3-6-20(21)23-22(24)17-10-11-17/h3-4,6-9,12-13,17-18,25H,2,5,10-11,14-15H2,1H3. The van der Waals surface area contributed by atoms with E-state index in [9.17, 15) is 5.11 Å². The summed E-state index contributed by atoms with van der Waals surface area (Å²) < 4.78 is 7.97. The maximum Gasteiger partial charge on any atom is 0.119 e. The molecule has 4 heteroatoms. The Morgan fingerprint density at radius 2 is 1.92 bits per heavy atom. The molecule has 0 aliphatic heterocycles. The number of para-hydroxylation sites is 2. The third kappa shape index (κ3) is 3.75. The fourth-order valence-electron chi connectivity index (χ4n) is 3.44. The first kappa shape index (κ1) is 17.1. The molecule has 0 radical (unpaired) electrons. The molecule has 136 valence electrons. The third-order valence-corrected chi connectivity index (χ3v) is 4.92. The summed E-state index contributed by atoms with van der Waals surface area (Å²) in [5, 5.41) is 10.5. The molecule has 1 aliphatic carbocycles. The highest BCUT2D eigenvalue weighted by Crippen LogP contribution is 2.40. The maximum absolute atomic E-state index is 10.5. The lowest BCUT2D eigenvalue weighted by Crippen LogP contribution is -2.24. The van der Waals surface area contributed by atoms with E-state index >= 15 is 0 Å².